The van der Waals surface area contributed by atoms with Crippen LogP contribution in [0.25, 0.3) is 10.8 Å². The lowest BCUT2D eigenvalue weighted by Crippen LogP contribution is -2.53. The van der Waals surface area contributed by atoms with Crippen LogP contribution < -0.4 is 4.74 Å². The van der Waals surface area contributed by atoms with Gasteiger partial charge in [-0.05, 0) is 86.8 Å². The van der Waals surface area contributed by atoms with E-state index in [9.17, 15) is 36.2 Å². The first-order valence-electron chi connectivity index (χ1n) is 13.7. The second-order valence-electron chi connectivity index (χ2n) is 11.4. The summed E-state index contributed by atoms with van der Waals surface area (Å²) >= 11 is 0. The highest BCUT2D eigenvalue weighted by atomic mass is 19.4. The van der Waals surface area contributed by atoms with Crippen LogP contribution in [0.3, 0.4) is 0 Å². The maximum atomic E-state index is 14.5. The van der Waals surface area contributed by atoms with E-state index in [0.29, 0.717) is 23.8 Å². The fourth-order valence-electron chi connectivity index (χ4n) is 7.08. The summed E-state index contributed by atoms with van der Waals surface area (Å²) in [4.78, 5) is 13.9. The van der Waals surface area contributed by atoms with Crippen LogP contribution in [0.4, 0.5) is 26.3 Å². The molecule has 10 heteroatoms. The molecular formula is C29H33F6NO3. The predicted molar refractivity (Wildman–Crippen MR) is 133 cm³/mol. The SMILES string of the molecule is CC(c1ccc2ccc(O[C@H]3CC[C@@H](C(F)(F)F)CC3)c(C(F)(F)F)c2c1)N1C2CCCC1CC(C(=O)O)C2. The Bertz CT molecular complexity index is 1190. The molecule has 5 rings (SSSR count). The van der Waals surface area contributed by atoms with Gasteiger partial charge in [-0.25, -0.2) is 0 Å². The predicted octanol–water partition coefficient (Wildman–Crippen LogP) is 8.14. The molecule has 2 aromatic rings. The van der Waals surface area contributed by atoms with Crippen LogP contribution in [0.15, 0.2) is 30.3 Å². The Balaban J connectivity index is 1.44. The molecule has 3 aliphatic rings. The minimum Gasteiger partial charge on any atom is -0.490 e. The zero-order chi connectivity index (χ0) is 28.1. The van der Waals surface area contributed by atoms with Gasteiger partial charge >= 0.3 is 18.3 Å². The van der Waals surface area contributed by atoms with Gasteiger partial charge in [0.05, 0.1) is 17.9 Å². The van der Waals surface area contributed by atoms with Gasteiger partial charge in [0.15, 0.2) is 0 Å². The van der Waals surface area contributed by atoms with Gasteiger partial charge in [-0.3, -0.25) is 9.69 Å². The Morgan fingerprint density at radius 3 is 2.13 bits per heavy atom. The summed E-state index contributed by atoms with van der Waals surface area (Å²) in [6.45, 7) is 1.96. The summed E-state index contributed by atoms with van der Waals surface area (Å²) in [5.41, 5.74) is -0.196. The van der Waals surface area contributed by atoms with Gasteiger partial charge in [0, 0.05) is 18.1 Å². The molecule has 214 valence electrons. The lowest BCUT2D eigenvalue weighted by atomic mass is 9.77. The summed E-state index contributed by atoms with van der Waals surface area (Å²) in [6, 6.07) is 7.78. The molecule has 2 aliphatic heterocycles. The fraction of sp³-hybridized carbons (Fsp3) is 0.621. The molecule has 1 aliphatic carbocycles. The van der Waals surface area contributed by atoms with Gasteiger partial charge in [-0.1, -0.05) is 24.6 Å². The molecule has 3 atom stereocenters. The number of hydrogen-bond donors (Lipinski definition) is 1. The average molecular weight is 558 g/mol. The van der Waals surface area contributed by atoms with Crippen LogP contribution in [0.1, 0.15) is 81.9 Å². The zero-order valence-electron chi connectivity index (χ0n) is 21.7. The Kier molecular flexibility index (Phi) is 7.54. The van der Waals surface area contributed by atoms with E-state index in [0.717, 1.165) is 19.3 Å². The highest BCUT2D eigenvalue weighted by molar-refractivity contribution is 5.89. The molecule has 0 spiro atoms. The van der Waals surface area contributed by atoms with E-state index < -0.39 is 41.8 Å². The van der Waals surface area contributed by atoms with E-state index in [4.69, 9.17) is 4.74 Å². The van der Waals surface area contributed by atoms with Crippen molar-refractivity contribution in [1.82, 2.24) is 4.90 Å². The molecule has 3 unspecified atom stereocenters. The molecule has 0 aromatic heterocycles. The quantitative estimate of drug-likeness (QED) is 0.377. The average Bonchev–Trinajstić information content (AvgIpc) is 2.86. The highest BCUT2D eigenvalue weighted by Gasteiger charge is 2.44. The monoisotopic (exact) mass is 557 g/mol. The Hall–Kier alpha value is -2.49. The number of carboxylic acids is 1. The highest BCUT2D eigenvalue weighted by Crippen LogP contribution is 2.46. The standard InChI is InChI=1S/C29H33F6NO3/c1-16(36-21-3-2-4-22(36)14-19(13-21)27(37)38)18-6-5-17-7-12-25(26(24(17)15-18)29(33,34)35)39-23-10-8-20(9-11-23)28(30,31)32/h5-7,12,15-16,19-23H,2-4,8-11,13-14H2,1H3,(H,37,38)/t16?,19?,20-,21?,22?,23+. The third kappa shape index (κ3) is 5.72. The maximum Gasteiger partial charge on any atom is 0.420 e. The molecule has 3 fully saturated rings. The zero-order valence-corrected chi connectivity index (χ0v) is 21.7. The normalized spacial score (nSPS) is 29.3. The molecular weight excluding hydrogens is 524 g/mol. The van der Waals surface area contributed by atoms with Crippen molar-refractivity contribution >= 4 is 16.7 Å². The van der Waals surface area contributed by atoms with E-state index in [2.05, 4.69) is 4.90 Å². The third-order valence-electron chi connectivity index (χ3n) is 9.03. The number of hydrogen-bond acceptors (Lipinski definition) is 3. The number of carbonyl (C=O) groups is 1. The van der Waals surface area contributed by atoms with Gasteiger partial charge < -0.3 is 9.84 Å². The smallest absolute Gasteiger partial charge is 0.420 e. The summed E-state index contributed by atoms with van der Waals surface area (Å²) < 4.78 is 88.2. The molecule has 2 bridgehead atoms. The van der Waals surface area contributed by atoms with E-state index in [1.807, 2.05) is 13.0 Å². The summed E-state index contributed by atoms with van der Waals surface area (Å²) in [5.74, 6) is -2.99. The molecule has 2 saturated heterocycles. The van der Waals surface area contributed by atoms with Crippen molar-refractivity contribution in [3.05, 3.63) is 41.5 Å². The Morgan fingerprint density at radius 2 is 1.56 bits per heavy atom. The number of rotatable bonds is 5. The third-order valence-corrected chi connectivity index (χ3v) is 9.03. The van der Waals surface area contributed by atoms with Crippen LogP contribution in [-0.4, -0.2) is 40.3 Å². The van der Waals surface area contributed by atoms with Crippen molar-refractivity contribution < 1.29 is 41.0 Å². The number of carboxylic acid groups (broad SMARTS) is 1. The number of aliphatic carboxylic acids is 1. The lowest BCUT2D eigenvalue weighted by molar-refractivity contribution is -0.185. The molecule has 39 heavy (non-hydrogen) atoms. The van der Waals surface area contributed by atoms with Crippen LogP contribution in [-0.2, 0) is 11.0 Å². The number of fused-ring (bicyclic) bond motifs is 3. The fourth-order valence-corrected chi connectivity index (χ4v) is 7.08. The molecule has 0 radical (unpaired) electrons. The van der Waals surface area contributed by atoms with Crippen molar-refractivity contribution in [2.75, 3.05) is 0 Å². The summed E-state index contributed by atoms with van der Waals surface area (Å²) in [7, 11) is 0. The first-order valence-corrected chi connectivity index (χ1v) is 13.7. The van der Waals surface area contributed by atoms with Crippen LogP contribution in [0.2, 0.25) is 0 Å². The van der Waals surface area contributed by atoms with Gasteiger partial charge in [0.25, 0.3) is 0 Å². The second kappa shape index (κ2) is 10.5. The van der Waals surface area contributed by atoms with Gasteiger partial charge in [0.2, 0.25) is 0 Å². The molecule has 0 amide bonds. The molecule has 4 nitrogen and oxygen atoms in total. The lowest BCUT2D eigenvalue weighted by Gasteiger charge is -2.51. The number of ether oxygens (including phenoxy) is 1. The van der Waals surface area contributed by atoms with Crippen molar-refractivity contribution in [1.29, 1.82) is 0 Å². The van der Waals surface area contributed by atoms with Crippen LogP contribution in [0, 0.1) is 11.8 Å². The second-order valence-corrected chi connectivity index (χ2v) is 11.4. The van der Waals surface area contributed by atoms with Crippen molar-refractivity contribution in [2.24, 2.45) is 11.8 Å². The number of nitrogens with zero attached hydrogens (tertiary/aromatic N) is 1. The van der Waals surface area contributed by atoms with Crippen molar-refractivity contribution in [3.63, 3.8) is 0 Å². The van der Waals surface area contributed by atoms with E-state index in [-0.39, 0.29) is 54.9 Å². The van der Waals surface area contributed by atoms with E-state index in [1.165, 1.54) is 6.07 Å². The number of benzene rings is 2. The topological polar surface area (TPSA) is 49.8 Å². The number of halogens is 6. The van der Waals surface area contributed by atoms with Gasteiger partial charge in [-0.2, -0.15) is 26.3 Å². The van der Waals surface area contributed by atoms with Gasteiger partial charge in [0.1, 0.15) is 11.3 Å². The van der Waals surface area contributed by atoms with Crippen molar-refractivity contribution in [3.8, 4) is 5.75 Å². The summed E-state index contributed by atoms with van der Waals surface area (Å²) in [5, 5.41) is 9.96. The molecule has 1 N–H and O–H groups in total. The minimum atomic E-state index is -4.73. The minimum absolute atomic E-state index is 0.00101. The first kappa shape index (κ1) is 28.1. The first-order chi connectivity index (χ1) is 18.3. The number of alkyl halides is 6. The van der Waals surface area contributed by atoms with Crippen molar-refractivity contribution in [2.45, 2.75) is 101 Å². The van der Waals surface area contributed by atoms with E-state index >= 15 is 0 Å². The van der Waals surface area contributed by atoms with Crippen LogP contribution >= 0.6 is 0 Å². The molecule has 2 heterocycles. The van der Waals surface area contributed by atoms with Crippen LogP contribution in [0.5, 0.6) is 5.75 Å². The van der Waals surface area contributed by atoms with Gasteiger partial charge in [-0.15, -0.1) is 0 Å². The Labute approximate surface area is 223 Å². The maximum absolute atomic E-state index is 14.5. The molecule has 2 aromatic carbocycles. The molecule has 1 saturated carbocycles. The largest absolute Gasteiger partial charge is 0.490 e. The van der Waals surface area contributed by atoms with E-state index in [1.54, 1.807) is 18.2 Å². The number of piperidine rings is 2. The summed E-state index contributed by atoms with van der Waals surface area (Å²) in [6.07, 6.45) is -6.17. The Morgan fingerprint density at radius 1 is 0.949 bits per heavy atom.